The van der Waals surface area contributed by atoms with Gasteiger partial charge in [-0.15, -0.1) is 0 Å². The highest BCUT2D eigenvalue weighted by molar-refractivity contribution is 5.94. The van der Waals surface area contributed by atoms with Crippen LogP contribution in [0.1, 0.15) is 28.1 Å². The van der Waals surface area contributed by atoms with Gasteiger partial charge in [0.05, 0.1) is 0 Å². The molecule has 0 saturated carbocycles. The number of rotatable bonds is 7. The van der Waals surface area contributed by atoms with Crippen molar-refractivity contribution < 1.29 is 9.32 Å². The molecule has 0 fully saturated rings. The number of benzene rings is 1. The van der Waals surface area contributed by atoms with E-state index in [4.69, 9.17) is 4.52 Å². The van der Waals surface area contributed by atoms with E-state index in [1.165, 1.54) is 5.56 Å². The Kier molecular flexibility index (Phi) is 5.41. The number of aryl methyl sites for hydroxylation is 2. The van der Waals surface area contributed by atoms with E-state index in [1.54, 1.807) is 24.4 Å². The van der Waals surface area contributed by atoms with Crippen LogP contribution in [0.2, 0.25) is 0 Å². The number of carbonyl (C=O) groups excluding carboxylic acids is 1. The molecular formula is C19H20N4O2. The van der Waals surface area contributed by atoms with Crippen molar-refractivity contribution in [1.29, 1.82) is 0 Å². The van der Waals surface area contributed by atoms with Gasteiger partial charge in [0, 0.05) is 24.4 Å². The zero-order valence-corrected chi connectivity index (χ0v) is 14.0. The van der Waals surface area contributed by atoms with Gasteiger partial charge in [0.25, 0.3) is 5.91 Å². The lowest BCUT2D eigenvalue weighted by atomic mass is 10.1. The summed E-state index contributed by atoms with van der Waals surface area (Å²) < 4.78 is 5.00. The second-order valence-electron chi connectivity index (χ2n) is 5.72. The predicted octanol–water partition coefficient (Wildman–Crippen LogP) is 3.48. The van der Waals surface area contributed by atoms with E-state index in [9.17, 15) is 4.79 Å². The van der Waals surface area contributed by atoms with Crippen LogP contribution in [-0.4, -0.2) is 22.6 Å². The molecule has 3 aromatic rings. The number of anilines is 2. The third kappa shape index (κ3) is 4.91. The third-order valence-corrected chi connectivity index (χ3v) is 3.68. The summed E-state index contributed by atoms with van der Waals surface area (Å²) in [4.78, 5) is 16.5. The number of pyridine rings is 1. The average molecular weight is 336 g/mol. The Bertz CT molecular complexity index is 830. The van der Waals surface area contributed by atoms with Crippen molar-refractivity contribution in [1.82, 2.24) is 15.5 Å². The lowest BCUT2D eigenvalue weighted by Crippen LogP contribution is -2.24. The third-order valence-electron chi connectivity index (χ3n) is 3.68. The van der Waals surface area contributed by atoms with Gasteiger partial charge < -0.3 is 15.2 Å². The van der Waals surface area contributed by atoms with Crippen LogP contribution < -0.4 is 10.6 Å². The molecule has 1 aromatic carbocycles. The highest BCUT2D eigenvalue weighted by Gasteiger charge is 2.08. The summed E-state index contributed by atoms with van der Waals surface area (Å²) in [6.45, 7) is 2.44. The number of nitrogens with zero attached hydrogens (tertiary/aromatic N) is 2. The maximum absolute atomic E-state index is 12.3. The van der Waals surface area contributed by atoms with Gasteiger partial charge in [-0.2, -0.15) is 0 Å². The highest BCUT2D eigenvalue weighted by Crippen LogP contribution is 2.15. The Morgan fingerprint density at radius 3 is 2.72 bits per heavy atom. The molecule has 1 amide bonds. The lowest BCUT2D eigenvalue weighted by molar-refractivity contribution is 0.0953. The topological polar surface area (TPSA) is 80.0 Å². The quantitative estimate of drug-likeness (QED) is 0.646. The molecule has 128 valence electrons. The normalized spacial score (nSPS) is 10.4. The van der Waals surface area contributed by atoms with Crippen LogP contribution in [0.3, 0.4) is 0 Å². The largest absolute Gasteiger partial charge is 0.360 e. The summed E-state index contributed by atoms with van der Waals surface area (Å²) in [7, 11) is 0. The van der Waals surface area contributed by atoms with E-state index >= 15 is 0 Å². The SMILES string of the molecule is Cc1cc(Nc2cc(C(=O)NCCCc3ccccc3)ccn2)no1. The van der Waals surface area contributed by atoms with Crippen molar-refractivity contribution in [3.63, 3.8) is 0 Å². The molecule has 0 aliphatic rings. The first-order valence-corrected chi connectivity index (χ1v) is 8.19. The lowest BCUT2D eigenvalue weighted by Gasteiger charge is -2.07. The van der Waals surface area contributed by atoms with Crippen LogP contribution in [0.5, 0.6) is 0 Å². The summed E-state index contributed by atoms with van der Waals surface area (Å²) in [6.07, 6.45) is 3.42. The maximum atomic E-state index is 12.3. The van der Waals surface area contributed by atoms with Crippen LogP contribution in [0.25, 0.3) is 0 Å². The molecule has 2 aromatic heterocycles. The second-order valence-corrected chi connectivity index (χ2v) is 5.72. The first-order chi connectivity index (χ1) is 12.2. The van der Waals surface area contributed by atoms with Crippen molar-refractivity contribution in [2.75, 3.05) is 11.9 Å². The smallest absolute Gasteiger partial charge is 0.251 e. The fourth-order valence-electron chi connectivity index (χ4n) is 2.44. The minimum absolute atomic E-state index is 0.116. The molecular weight excluding hydrogens is 316 g/mol. The van der Waals surface area contributed by atoms with E-state index in [1.807, 2.05) is 25.1 Å². The molecule has 6 nitrogen and oxygen atoms in total. The van der Waals surface area contributed by atoms with Crippen LogP contribution in [0, 0.1) is 6.92 Å². The van der Waals surface area contributed by atoms with Crippen LogP contribution in [0.15, 0.2) is 59.3 Å². The summed E-state index contributed by atoms with van der Waals surface area (Å²) >= 11 is 0. The first-order valence-electron chi connectivity index (χ1n) is 8.19. The van der Waals surface area contributed by atoms with Gasteiger partial charge in [0.15, 0.2) is 5.82 Å². The summed E-state index contributed by atoms with van der Waals surface area (Å²) in [6, 6.07) is 15.4. The molecule has 3 rings (SSSR count). The van der Waals surface area contributed by atoms with Crippen LogP contribution in [0.4, 0.5) is 11.6 Å². The van der Waals surface area contributed by atoms with Crippen LogP contribution in [-0.2, 0) is 6.42 Å². The Balaban J connectivity index is 1.50. The van der Waals surface area contributed by atoms with E-state index in [-0.39, 0.29) is 5.91 Å². The Labute approximate surface area is 146 Å². The first kappa shape index (κ1) is 16.7. The Hall–Kier alpha value is -3.15. The minimum atomic E-state index is -0.116. The van der Waals surface area contributed by atoms with Crippen molar-refractivity contribution in [3.05, 3.63) is 71.6 Å². The zero-order chi connectivity index (χ0) is 17.5. The van der Waals surface area contributed by atoms with Crippen molar-refractivity contribution in [2.24, 2.45) is 0 Å². The fraction of sp³-hybridized carbons (Fsp3) is 0.211. The van der Waals surface area contributed by atoms with E-state index in [2.05, 4.69) is 32.9 Å². The van der Waals surface area contributed by atoms with Crippen LogP contribution >= 0.6 is 0 Å². The Morgan fingerprint density at radius 2 is 1.96 bits per heavy atom. The standard InChI is InChI=1S/C19H20N4O2/c1-14-12-18(23-25-14)22-17-13-16(9-11-20-17)19(24)21-10-5-8-15-6-3-2-4-7-15/h2-4,6-7,9,11-13H,5,8,10H2,1H3,(H,21,24)(H,20,22,23). The molecule has 6 heteroatoms. The maximum Gasteiger partial charge on any atom is 0.251 e. The summed E-state index contributed by atoms with van der Waals surface area (Å²) in [5.74, 6) is 1.69. The monoisotopic (exact) mass is 336 g/mol. The molecule has 0 bridgehead atoms. The van der Waals surface area contributed by atoms with Gasteiger partial charge in [-0.3, -0.25) is 4.79 Å². The van der Waals surface area contributed by atoms with Gasteiger partial charge in [-0.1, -0.05) is 35.5 Å². The summed E-state index contributed by atoms with van der Waals surface area (Å²) in [5.41, 5.74) is 1.83. The molecule has 0 aliphatic heterocycles. The van der Waals surface area contributed by atoms with Crippen molar-refractivity contribution in [2.45, 2.75) is 19.8 Å². The fourth-order valence-corrected chi connectivity index (χ4v) is 2.44. The van der Waals surface area contributed by atoms with E-state index in [0.717, 1.165) is 12.8 Å². The number of hydrogen-bond acceptors (Lipinski definition) is 5. The Morgan fingerprint density at radius 1 is 1.12 bits per heavy atom. The number of carbonyl (C=O) groups is 1. The van der Waals surface area contributed by atoms with E-state index in [0.29, 0.717) is 29.5 Å². The van der Waals surface area contributed by atoms with Gasteiger partial charge in [0.2, 0.25) is 0 Å². The minimum Gasteiger partial charge on any atom is -0.360 e. The molecule has 0 aliphatic carbocycles. The molecule has 2 N–H and O–H groups in total. The molecule has 25 heavy (non-hydrogen) atoms. The zero-order valence-electron chi connectivity index (χ0n) is 14.0. The molecule has 0 radical (unpaired) electrons. The second kappa shape index (κ2) is 8.10. The van der Waals surface area contributed by atoms with Gasteiger partial charge >= 0.3 is 0 Å². The number of nitrogens with one attached hydrogen (secondary N) is 2. The number of hydrogen-bond donors (Lipinski definition) is 2. The number of amides is 1. The summed E-state index contributed by atoms with van der Waals surface area (Å²) in [5, 5.41) is 9.80. The predicted molar refractivity (Wildman–Crippen MR) is 95.9 cm³/mol. The number of aromatic nitrogens is 2. The molecule has 0 spiro atoms. The molecule has 0 unspecified atom stereocenters. The molecule has 2 heterocycles. The van der Waals surface area contributed by atoms with Gasteiger partial charge in [-0.05, 0) is 37.5 Å². The molecule has 0 atom stereocenters. The van der Waals surface area contributed by atoms with Gasteiger partial charge in [0.1, 0.15) is 11.6 Å². The average Bonchev–Trinajstić information content (AvgIpc) is 3.04. The van der Waals surface area contributed by atoms with E-state index < -0.39 is 0 Å². The van der Waals surface area contributed by atoms with Crippen molar-refractivity contribution >= 4 is 17.5 Å². The highest BCUT2D eigenvalue weighted by atomic mass is 16.5. The van der Waals surface area contributed by atoms with Gasteiger partial charge in [-0.25, -0.2) is 4.98 Å². The van der Waals surface area contributed by atoms with Crippen molar-refractivity contribution in [3.8, 4) is 0 Å². The molecule has 0 saturated heterocycles.